The van der Waals surface area contributed by atoms with Crippen molar-refractivity contribution in [2.45, 2.75) is 13.8 Å². The number of halogens is 4. The number of carbonyl (C=O) groups is 2. The van der Waals surface area contributed by atoms with Gasteiger partial charge in [0.2, 0.25) is 22.4 Å². The molecule has 14 heteroatoms. The second-order valence-electron chi connectivity index (χ2n) is 5.49. The lowest BCUT2D eigenvalue weighted by Crippen LogP contribution is -2.26. The molecule has 4 N–H and O–H groups in total. The molecule has 0 fully saturated rings. The Morgan fingerprint density at radius 2 is 1.10 bits per heavy atom. The zero-order valence-corrected chi connectivity index (χ0v) is 19.1. The van der Waals surface area contributed by atoms with Crippen LogP contribution in [0.25, 0.3) is 0 Å². The molecule has 0 aliphatic carbocycles. The van der Waals surface area contributed by atoms with Crippen molar-refractivity contribution in [1.82, 2.24) is 30.6 Å². The number of aromatic nitrogens is 4. The zero-order chi connectivity index (χ0) is 22.5. The fourth-order valence-electron chi connectivity index (χ4n) is 1.78. The average molecular weight is 498 g/mol. The molecule has 0 unspecified atom stereocenters. The molecular weight excluding hydrogens is 478 g/mol. The van der Waals surface area contributed by atoms with Crippen LogP contribution in [0.15, 0.2) is 12.4 Å². The van der Waals surface area contributed by atoms with Crippen LogP contribution in [0.5, 0.6) is 0 Å². The summed E-state index contributed by atoms with van der Waals surface area (Å²) in [5.74, 6) is 0.760. The van der Waals surface area contributed by atoms with Crippen molar-refractivity contribution in [2.24, 2.45) is 0 Å². The van der Waals surface area contributed by atoms with Crippen molar-refractivity contribution in [3.05, 3.63) is 33.0 Å². The highest BCUT2D eigenvalue weighted by atomic mass is 35.5. The van der Waals surface area contributed by atoms with Crippen molar-refractivity contribution < 1.29 is 9.59 Å². The van der Waals surface area contributed by atoms with E-state index in [1.165, 1.54) is 26.2 Å². The van der Waals surface area contributed by atoms with Crippen LogP contribution in [-0.2, 0) is 9.59 Å². The summed E-state index contributed by atoms with van der Waals surface area (Å²) in [6.45, 7) is 4.93. The Hall–Kier alpha value is -2.14. The van der Waals surface area contributed by atoms with E-state index in [1.807, 2.05) is 0 Å². The Balaban J connectivity index is 0.000000300. The van der Waals surface area contributed by atoms with E-state index in [4.69, 9.17) is 46.4 Å². The van der Waals surface area contributed by atoms with E-state index >= 15 is 0 Å². The van der Waals surface area contributed by atoms with Crippen LogP contribution < -0.4 is 21.3 Å². The lowest BCUT2D eigenvalue weighted by atomic mass is 10.5. The molecule has 0 atom stereocenters. The van der Waals surface area contributed by atoms with Crippen LogP contribution in [-0.4, -0.2) is 57.9 Å². The second kappa shape index (κ2) is 14.0. The molecule has 2 rings (SSSR count). The van der Waals surface area contributed by atoms with Gasteiger partial charge in [-0.1, -0.05) is 23.2 Å². The van der Waals surface area contributed by atoms with E-state index in [-0.39, 0.29) is 22.4 Å². The fourth-order valence-corrected chi connectivity index (χ4v) is 2.36. The maximum absolute atomic E-state index is 10.6. The third-order valence-electron chi connectivity index (χ3n) is 3.01. The third kappa shape index (κ3) is 11.1. The minimum Gasteiger partial charge on any atom is -0.367 e. The number of nitrogens with one attached hydrogen (secondary N) is 4. The van der Waals surface area contributed by atoms with Crippen LogP contribution >= 0.6 is 46.4 Å². The minimum atomic E-state index is -0.0800. The summed E-state index contributed by atoms with van der Waals surface area (Å²) >= 11 is 22.8. The SMILES string of the molecule is CC(=O)NCCNc1nc(Cl)ncc1Cl.CC(=O)NCCNc1nc(Cl)ncc1Cl. The van der Waals surface area contributed by atoms with Crippen LogP contribution in [0.2, 0.25) is 20.6 Å². The lowest BCUT2D eigenvalue weighted by molar-refractivity contribution is -0.119. The predicted molar refractivity (Wildman–Crippen MR) is 118 cm³/mol. The van der Waals surface area contributed by atoms with Crippen molar-refractivity contribution in [2.75, 3.05) is 36.8 Å². The minimum absolute atomic E-state index is 0.0800. The van der Waals surface area contributed by atoms with Crippen molar-refractivity contribution in [1.29, 1.82) is 0 Å². The summed E-state index contributed by atoms with van der Waals surface area (Å²) < 4.78 is 0. The van der Waals surface area contributed by atoms with Gasteiger partial charge in [-0.2, -0.15) is 9.97 Å². The number of carbonyl (C=O) groups excluding carboxylic acids is 2. The van der Waals surface area contributed by atoms with E-state index in [0.29, 0.717) is 47.9 Å². The predicted octanol–water partition coefficient (Wildman–Crippen LogP) is 2.66. The van der Waals surface area contributed by atoms with Gasteiger partial charge in [0.1, 0.15) is 21.7 Å². The molecule has 0 spiro atoms. The molecule has 0 saturated heterocycles. The van der Waals surface area contributed by atoms with Gasteiger partial charge in [0.25, 0.3) is 0 Å². The highest BCUT2D eigenvalue weighted by Gasteiger charge is 2.04. The largest absolute Gasteiger partial charge is 0.367 e. The van der Waals surface area contributed by atoms with Gasteiger partial charge in [-0.25, -0.2) is 9.97 Å². The van der Waals surface area contributed by atoms with Crippen LogP contribution in [0.4, 0.5) is 11.6 Å². The first-order valence-corrected chi connectivity index (χ1v) is 10.0. The molecule has 2 aromatic heterocycles. The molecular formula is C16H20Cl4N8O2. The summed E-state index contributed by atoms with van der Waals surface area (Å²) in [6, 6.07) is 0. The van der Waals surface area contributed by atoms with Gasteiger partial charge in [-0.3, -0.25) is 9.59 Å². The molecule has 2 heterocycles. The number of rotatable bonds is 8. The van der Waals surface area contributed by atoms with Gasteiger partial charge < -0.3 is 21.3 Å². The Morgan fingerprint density at radius 3 is 1.43 bits per heavy atom. The maximum atomic E-state index is 10.6. The number of nitrogens with zero attached hydrogens (tertiary/aromatic N) is 4. The Bertz CT molecular complexity index is 786. The summed E-state index contributed by atoms with van der Waals surface area (Å²) in [5.41, 5.74) is 0. The molecule has 2 aromatic rings. The third-order valence-corrected chi connectivity index (χ3v) is 3.93. The smallest absolute Gasteiger partial charge is 0.224 e. The van der Waals surface area contributed by atoms with Gasteiger partial charge in [0.05, 0.1) is 12.4 Å². The normalized spacial score (nSPS) is 9.80. The zero-order valence-electron chi connectivity index (χ0n) is 16.1. The topological polar surface area (TPSA) is 134 Å². The molecule has 30 heavy (non-hydrogen) atoms. The van der Waals surface area contributed by atoms with E-state index in [0.717, 1.165) is 0 Å². The van der Waals surface area contributed by atoms with Crippen LogP contribution in [0.3, 0.4) is 0 Å². The molecule has 0 bridgehead atoms. The van der Waals surface area contributed by atoms with Crippen LogP contribution in [0.1, 0.15) is 13.8 Å². The molecule has 0 radical (unpaired) electrons. The van der Waals surface area contributed by atoms with Gasteiger partial charge in [0, 0.05) is 40.0 Å². The molecule has 0 saturated carbocycles. The average Bonchev–Trinajstić information content (AvgIpc) is 2.68. The van der Waals surface area contributed by atoms with Crippen molar-refractivity contribution in [3.63, 3.8) is 0 Å². The molecule has 2 amide bonds. The molecule has 10 nitrogen and oxygen atoms in total. The van der Waals surface area contributed by atoms with Crippen LogP contribution in [0, 0.1) is 0 Å². The highest BCUT2D eigenvalue weighted by molar-refractivity contribution is 6.34. The molecule has 164 valence electrons. The van der Waals surface area contributed by atoms with Gasteiger partial charge in [-0.15, -0.1) is 0 Å². The Kier molecular flexibility index (Phi) is 12.1. The monoisotopic (exact) mass is 496 g/mol. The summed E-state index contributed by atoms with van der Waals surface area (Å²) in [6.07, 6.45) is 2.83. The van der Waals surface area contributed by atoms with E-state index in [9.17, 15) is 9.59 Å². The van der Waals surface area contributed by atoms with Gasteiger partial charge in [0.15, 0.2) is 0 Å². The highest BCUT2D eigenvalue weighted by Crippen LogP contribution is 2.19. The van der Waals surface area contributed by atoms with Crippen molar-refractivity contribution in [3.8, 4) is 0 Å². The number of amides is 2. The molecule has 0 aliphatic heterocycles. The Labute approximate surface area is 193 Å². The number of hydrogen-bond donors (Lipinski definition) is 4. The first kappa shape index (κ1) is 25.9. The van der Waals surface area contributed by atoms with E-state index in [2.05, 4.69) is 41.2 Å². The summed E-state index contributed by atoms with van der Waals surface area (Å²) in [5, 5.41) is 12.1. The first-order valence-electron chi connectivity index (χ1n) is 8.51. The number of hydrogen-bond acceptors (Lipinski definition) is 8. The van der Waals surface area contributed by atoms with Crippen molar-refractivity contribution >= 4 is 69.9 Å². The number of anilines is 2. The van der Waals surface area contributed by atoms with E-state index < -0.39 is 0 Å². The van der Waals surface area contributed by atoms with Gasteiger partial charge in [-0.05, 0) is 23.2 Å². The fraction of sp³-hybridized carbons (Fsp3) is 0.375. The van der Waals surface area contributed by atoms with E-state index in [1.54, 1.807) is 0 Å². The summed E-state index contributed by atoms with van der Waals surface area (Å²) in [7, 11) is 0. The Morgan fingerprint density at radius 1 is 0.733 bits per heavy atom. The molecule has 0 aliphatic rings. The summed E-state index contributed by atoms with van der Waals surface area (Å²) in [4.78, 5) is 36.3. The molecule has 0 aromatic carbocycles. The second-order valence-corrected chi connectivity index (χ2v) is 6.98. The quantitative estimate of drug-likeness (QED) is 0.323. The lowest BCUT2D eigenvalue weighted by Gasteiger charge is -2.07. The first-order chi connectivity index (χ1) is 14.2. The maximum Gasteiger partial charge on any atom is 0.224 e. The standard InChI is InChI=1S/2C8H10Cl2N4O/c2*1-5(15)11-2-3-12-7-6(9)4-13-8(10)14-7/h2*4H,2-3H2,1H3,(H,11,15)(H,12,13,14). The van der Waals surface area contributed by atoms with Gasteiger partial charge >= 0.3 is 0 Å².